The minimum Gasteiger partial charge on any atom is -0.511 e. The van der Waals surface area contributed by atoms with Gasteiger partial charge in [0.15, 0.2) is 0 Å². The zero-order valence-electron chi connectivity index (χ0n) is 14.6. The second kappa shape index (κ2) is 6.99. The fourth-order valence-corrected chi connectivity index (χ4v) is 4.00. The van der Waals surface area contributed by atoms with Crippen LogP contribution in [0.3, 0.4) is 0 Å². The van der Waals surface area contributed by atoms with Gasteiger partial charge in [0.2, 0.25) is 0 Å². The van der Waals surface area contributed by atoms with Crippen molar-refractivity contribution >= 4 is 23.2 Å². The lowest BCUT2D eigenvalue weighted by atomic mass is 9.85. The van der Waals surface area contributed by atoms with E-state index in [0.29, 0.717) is 12.2 Å². The third-order valence-electron chi connectivity index (χ3n) is 5.46. The molecule has 2 fully saturated rings. The minimum atomic E-state index is -0.571. The lowest BCUT2D eigenvalue weighted by Gasteiger charge is -2.36. The lowest BCUT2D eigenvalue weighted by molar-refractivity contribution is -0.123. The number of amides is 2. The quantitative estimate of drug-likeness (QED) is 0.610. The predicted octanol–water partition coefficient (Wildman–Crippen LogP) is 1.15. The topological polar surface area (TPSA) is 93.7 Å². The van der Waals surface area contributed by atoms with Crippen molar-refractivity contribution in [1.29, 1.82) is 0 Å². The second-order valence-corrected chi connectivity index (χ2v) is 7.13. The van der Waals surface area contributed by atoms with Crippen molar-refractivity contribution in [3.63, 3.8) is 0 Å². The molecule has 26 heavy (non-hydrogen) atoms. The molecule has 3 heterocycles. The summed E-state index contributed by atoms with van der Waals surface area (Å²) in [6, 6.07) is 7.48. The van der Waals surface area contributed by atoms with Gasteiger partial charge in [-0.3, -0.25) is 9.59 Å². The molecule has 2 unspecified atom stereocenters. The Morgan fingerprint density at radius 3 is 2.65 bits per heavy atom. The molecule has 7 heteroatoms. The first-order chi connectivity index (χ1) is 12.6. The molecule has 0 aliphatic carbocycles. The average molecular weight is 356 g/mol. The number of nitrogens with zero attached hydrogens (tertiary/aromatic N) is 1. The van der Waals surface area contributed by atoms with Crippen LogP contribution in [0.1, 0.15) is 19.3 Å². The van der Waals surface area contributed by atoms with E-state index in [1.54, 1.807) is 0 Å². The molecule has 2 atom stereocenters. The molecule has 2 amide bonds. The molecule has 0 bridgehead atoms. The molecule has 4 rings (SSSR count). The number of benzene rings is 1. The van der Waals surface area contributed by atoms with E-state index in [0.717, 1.165) is 31.7 Å². The van der Waals surface area contributed by atoms with E-state index in [4.69, 9.17) is 0 Å². The maximum atomic E-state index is 12.6. The number of aliphatic hydroxyl groups is 1. The molecule has 4 N–H and O–H groups in total. The molecule has 3 aliphatic rings. The molecule has 7 nitrogen and oxygen atoms in total. The van der Waals surface area contributed by atoms with Crippen LogP contribution in [0.25, 0.3) is 0 Å². The SMILES string of the molecule is O=C(Nc1ccc(N2CCCC2)cc1)C1=C(O)C2CNCCC2NC1=O. The van der Waals surface area contributed by atoms with Gasteiger partial charge in [0.25, 0.3) is 11.8 Å². The van der Waals surface area contributed by atoms with Gasteiger partial charge in [0.1, 0.15) is 11.3 Å². The van der Waals surface area contributed by atoms with Crippen molar-refractivity contribution in [3.8, 4) is 0 Å². The number of carbonyl (C=O) groups is 2. The Hall–Kier alpha value is -2.54. The average Bonchev–Trinajstić information content (AvgIpc) is 3.17. The van der Waals surface area contributed by atoms with Crippen molar-refractivity contribution < 1.29 is 14.7 Å². The van der Waals surface area contributed by atoms with Gasteiger partial charge < -0.3 is 26.0 Å². The maximum absolute atomic E-state index is 12.6. The van der Waals surface area contributed by atoms with E-state index < -0.39 is 11.8 Å². The van der Waals surface area contributed by atoms with Gasteiger partial charge in [-0.15, -0.1) is 0 Å². The van der Waals surface area contributed by atoms with E-state index in [2.05, 4.69) is 20.9 Å². The summed E-state index contributed by atoms with van der Waals surface area (Å²) in [6.45, 7) is 3.46. The Labute approximate surface area is 152 Å². The van der Waals surface area contributed by atoms with Crippen LogP contribution in [0.15, 0.2) is 35.6 Å². The highest BCUT2D eigenvalue weighted by Gasteiger charge is 2.39. The molecular weight excluding hydrogens is 332 g/mol. The Bertz CT molecular complexity index is 738. The van der Waals surface area contributed by atoms with E-state index in [1.807, 2.05) is 24.3 Å². The first kappa shape index (κ1) is 16.9. The highest BCUT2D eigenvalue weighted by Crippen LogP contribution is 2.27. The van der Waals surface area contributed by atoms with Crippen LogP contribution in [0.5, 0.6) is 0 Å². The van der Waals surface area contributed by atoms with Crippen molar-refractivity contribution in [3.05, 3.63) is 35.6 Å². The molecule has 138 valence electrons. The molecule has 0 radical (unpaired) electrons. The molecule has 0 saturated carbocycles. The van der Waals surface area contributed by atoms with Crippen LogP contribution in [0.2, 0.25) is 0 Å². The highest BCUT2D eigenvalue weighted by molar-refractivity contribution is 6.23. The summed E-state index contributed by atoms with van der Waals surface area (Å²) in [5.41, 5.74) is 1.56. The van der Waals surface area contributed by atoms with Crippen LogP contribution >= 0.6 is 0 Å². The highest BCUT2D eigenvalue weighted by atomic mass is 16.3. The number of hydrogen-bond donors (Lipinski definition) is 4. The number of piperidine rings is 1. The van der Waals surface area contributed by atoms with Crippen LogP contribution < -0.4 is 20.9 Å². The summed E-state index contributed by atoms with van der Waals surface area (Å²) in [7, 11) is 0. The minimum absolute atomic E-state index is 0.111. The maximum Gasteiger partial charge on any atom is 0.264 e. The van der Waals surface area contributed by atoms with Crippen LogP contribution in [0, 0.1) is 5.92 Å². The first-order valence-corrected chi connectivity index (χ1v) is 9.24. The van der Waals surface area contributed by atoms with Crippen LogP contribution in [0.4, 0.5) is 11.4 Å². The molecule has 0 spiro atoms. The number of hydrogen-bond acceptors (Lipinski definition) is 5. The standard InChI is InChI=1S/C19H24N4O3/c24-17-14-11-20-8-7-15(14)22-19(26)16(17)18(25)21-12-3-5-13(6-4-12)23-9-1-2-10-23/h3-6,14-15,20,24H,1-2,7-11H2,(H,21,25)(H,22,26). The Balaban J connectivity index is 1.49. The molecule has 1 aromatic rings. The van der Waals surface area contributed by atoms with E-state index in [-0.39, 0.29) is 23.3 Å². The monoisotopic (exact) mass is 356 g/mol. The summed E-state index contributed by atoms with van der Waals surface area (Å²) in [4.78, 5) is 27.2. The van der Waals surface area contributed by atoms with Gasteiger partial charge in [-0.05, 0) is 50.1 Å². The molecule has 0 aromatic heterocycles. The number of anilines is 2. The Kier molecular flexibility index (Phi) is 4.55. The van der Waals surface area contributed by atoms with Gasteiger partial charge in [-0.25, -0.2) is 0 Å². The van der Waals surface area contributed by atoms with Crippen LogP contribution in [-0.4, -0.2) is 49.1 Å². The Morgan fingerprint density at radius 2 is 1.92 bits per heavy atom. The molecule has 1 aromatic carbocycles. The number of nitrogens with one attached hydrogen (secondary N) is 3. The fourth-order valence-electron chi connectivity index (χ4n) is 4.00. The van der Waals surface area contributed by atoms with Gasteiger partial charge in [-0.2, -0.15) is 0 Å². The zero-order valence-corrected chi connectivity index (χ0v) is 14.6. The smallest absolute Gasteiger partial charge is 0.264 e. The third kappa shape index (κ3) is 3.14. The summed E-state index contributed by atoms with van der Waals surface area (Å²) >= 11 is 0. The van der Waals surface area contributed by atoms with Gasteiger partial charge in [-0.1, -0.05) is 0 Å². The van der Waals surface area contributed by atoms with E-state index in [1.165, 1.54) is 12.8 Å². The summed E-state index contributed by atoms with van der Waals surface area (Å²) in [6.07, 6.45) is 3.16. The summed E-state index contributed by atoms with van der Waals surface area (Å²) < 4.78 is 0. The van der Waals surface area contributed by atoms with Crippen molar-refractivity contribution in [2.75, 3.05) is 36.4 Å². The van der Waals surface area contributed by atoms with Crippen molar-refractivity contribution in [1.82, 2.24) is 10.6 Å². The lowest BCUT2D eigenvalue weighted by Crippen LogP contribution is -2.55. The first-order valence-electron chi connectivity index (χ1n) is 9.24. The summed E-state index contributed by atoms with van der Waals surface area (Å²) in [5, 5.41) is 19.2. The van der Waals surface area contributed by atoms with Gasteiger partial charge in [0, 0.05) is 37.1 Å². The Morgan fingerprint density at radius 1 is 1.19 bits per heavy atom. The largest absolute Gasteiger partial charge is 0.511 e. The number of carbonyl (C=O) groups excluding carboxylic acids is 2. The van der Waals surface area contributed by atoms with Crippen molar-refractivity contribution in [2.45, 2.75) is 25.3 Å². The number of rotatable bonds is 3. The van der Waals surface area contributed by atoms with Gasteiger partial charge in [0.05, 0.1) is 5.92 Å². The zero-order chi connectivity index (χ0) is 18.1. The van der Waals surface area contributed by atoms with E-state index in [9.17, 15) is 14.7 Å². The third-order valence-corrected chi connectivity index (χ3v) is 5.46. The number of aliphatic hydroxyl groups excluding tert-OH is 1. The molecular formula is C19H24N4O3. The van der Waals surface area contributed by atoms with Gasteiger partial charge >= 0.3 is 0 Å². The molecule has 2 saturated heterocycles. The predicted molar refractivity (Wildman–Crippen MR) is 99.1 cm³/mol. The normalized spacial score (nSPS) is 25.7. The van der Waals surface area contributed by atoms with Crippen molar-refractivity contribution in [2.24, 2.45) is 5.92 Å². The summed E-state index contributed by atoms with van der Waals surface area (Å²) in [5.74, 6) is -1.44. The fraction of sp³-hybridized carbons (Fsp3) is 0.474. The second-order valence-electron chi connectivity index (χ2n) is 7.13. The van der Waals surface area contributed by atoms with Crippen LogP contribution in [-0.2, 0) is 9.59 Å². The number of fused-ring (bicyclic) bond motifs is 1. The molecule has 3 aliphatic heterocycles. The van der Waals surface area contributed by atoms with E-state index >= 15 is 0 Å².